The number of carboxylic acids is 1. The van der Waals surface area contributed by atoms with Gasteiger partial charge in [-0.2, -0.15) is 0 Å². The number of rotatable bonds is 7. The highest BCUT2D eigenvalue weighted by Gasteiger charge is 1.92. The molecule has 0 aliphatic carbocycles. The van der Waals surface area contributed by atoms with Crippen LogP contribution in [-0.2, 0) is 4.79 Å². The molecular formula is C10H19NO2. The van der Waals surface area contributed by atoms with Crippen LogP contribution in [0.5, 0.6) is 0 Å². The van der Waals surface area contributed by atoms with Crippen molar-refractivity contribution in [1.82, 2.24) is 5.32 Å². The van der Waals surface area contributed by atoms with Crippen LogP contribution in [0.25, 0.3) is 0 Å². The van der Waals surface area contributed by atoms with E-state index in [4.69, 9.17) is 5.11 Å². The lowest BCUT2D eigenvalue weighted by Crippen LogP contribution is -2.15. The minimum absolute atomic E-state index is 0.643. The first-order valence-corrected chi connectivity index (χ1v) is 4.73. The summed E-state index contributed by atoms with van der Waals surface area (Å²) in [7, 11) is 0. The van der Waals surface area contributed by atoms with Gasteiger partial charge in [0.25, 0.3) is 0 Å². The Morgan fingerprint density at radius 2 is 2.23 bits per heavy atom. The molecule has 0 heterocycles. The molecule has 0 radical (unpaired) electrons. The Morgan fingerprint density at radius 1 is 1.54 bits per heavy atom. The Bertz CT molecular complexity index is 164. The summed E-state index contributed by atoms with van der Waals surface area (Å²) in [4.78, 5) is 10.1. The molecule has 0 aliphatic rings. The van der Waals surface area contributed by atoms with Crippen molar-refractivity contribution >= 4 is 5.97 Å². The van der Waals surface area contributed by atoms with E-state index in [0.717, 1.165) is 25.0 Å². The van der Waals surface area contributed by atoms with Crippen LogP contribution in [0.2, 0.25) is 0 Å². The predicted molar refractivity (Wildman–Crippen MR) is 53.7 cm³/mol. The van der Waals surface area contributed by atoms with Gasteiger partial charge in [-0.15, -0.1) is 0 Å². The van der Waals surface area contributed by atoms with Crippen LogP contribution in [0.15, 0.2) is 12.2 Å². The van der Waals surface area contributed by atoms with Gasteiger partial charge in [-0.3, -0.25) is 0 Å². The van der Waals surface area contributed by atoms with Gasteiger partial charge in [0.05, 0.1) is 0 Å². The molecule has 0 spiro atoms. The van der Waals surface area contributed by atoms with E-state index in [1.54, 1.807) is 6.08 Å². The minimum Gasteiger partial charge on any atom is -0.478 e. The van der Waals surface area contributed by atoms with E-state index in [2.05, 4.69) is 19.2 Å². The third kappa shape index (κ3) is 11.2. The molecule has 0 bridgehead atoms. The lowest BCUT2D eigenvalue weighted by molar-refractivity contribution is -0.131. The van der Waals surface area contributed by atoms with Crippen molar-refractivity contribution in [2.24, 2.45) is 5.92 Å². The zero-order chi connectivity index (χ0) is 10.1. The first-order chi connectivity index (χ1) is 6.13. The number of carboxylic acid groups (broad SMARTS) is 1. The van der Waals surface area contributed by atoms with Gasteiger partial charge in [0, 0.05) is 12.6 Å². The van der Waals surface area contributed by atoms with Gasteiger partial charge >= 0.3 is 5.97 Å². The molecule has 0 saturated carbocycles. The quantitative estimate of drug-likeness (QED) is 0.468. The van der Waals surface area contributed by atoms with Crippen LogP contribution in [0.3, 0.4) is 0 Å². The molecule has 0 aliphatic heterocycles. The van der Waals surface area contributed by atoms with Gasteiger partial charge in [-0.1, -0.05) is 19.9 Å². The van der Waals surface area contributed by atoms with Crippen molar-refractivity contribution in [2.45, 2.75) is 26.7 Å². The van der Waals surface area contributed by atoms with E-state index in [-0.39, 0.29) is 0 Å². The number of carbonyl (C=O) groups is 1. The summed E-state index contributed by atoms with van der Waals surface area (Å²) in [6.45, 7) is 6.00. The lowest BCUT2D eigenvalue weighted by Gasteiger charge is -2.03. The number of nitrogens with one attached hydrogen (secondary N) is 1. The van der Waals surface area contributed by atoms with Crippen molar-refractivity contribution in [3.05, 3.63) is 12.2 Å². The molecule has 3 nitrogen and oxygen atoms in total. The van der Waals surface area contributed by atoms with Gasteiger partial charge in [0.15, 0.2) is 0 Å². The molecular weight excluding hydrogens is 166 g/mol. The van der Waals surface area contributed by atoms with E-state index in [1.165, 1.54) is 6.42 Å². The maximum absolute atomic E-state index is 10.1. The Hall–Kier alpha value is -0.830. The maximum Gasteiger partial charge on any atom is 0.328 e. The van der Waals surface area contributed by atoms with Gasteiger partial charge in [-0.25, -0.2) is 4.79 Å². The zero-order valence-electron chi connectivity index (χ0n) is 8.42. The van der Waals surface area contributed by atoms with Gasteiger partial charge < -0.3 is 10.4 Å². The molecule has 0 aromatic heterocycles. The van der Waals surface area contributed by atoms with E-state index >= 15 is 0 Å². The van der Waals surface area contributed by atoms with Crippen molar-refractivity contribution in [3.8, 4) is 0 Å². The molecule has 0 fully saturated rings. The summed E-state index contributed by atoms with van der Waals surface area (Å²) in [5.41, 5.74) is 0. The molecule has 0 unspecified atom stereocenters. The number of hydrogen-bond donors (Lipinski definition) is 2. The Balaban J connectivity index is 3.13. The van der Waals surface area contributed by atoms with E-state index in [1.807, 2.05) is 0 Å². The Morgan fingerprint density at radius 3 is 2.77 bits per heavy atom. The summed E-state index contributed by atoms with van der Waals surface area (Å²) < 4.78 is 0. The van der Waals surface area contributed by atoms with Crippen LogP contribution in [0.1, 0.15) is 26.7 Å². The smallest absolute Gasteiger partial charge is 0.328 e. The van der Waals surface area contributed by atoms with E-state index < -0.39 is 5.97 Å². The molecule has 2 N–H and O–H groups in total. The van der Waals surface area contributed by atoms with Gasteiger partial charge in [0.2, 0.25) is 0 Å². The molecule has 0 atom stereocenters. The maximum atomic E-state index is 10.1. The molecule has 0 rings (SSSR count). The Labute approximate surface area is 79.8 Å². The van der Waals surface area contributed by atoms with Crippen molar-refractivity contribution in [1.29, 1.82) is 0 Å². The second kappa shape index (κ2) is 7.80. The predicted octanol–water partition coefficient (Wildman–Crippen LogP) is 1.65. The van der Waals surface area contributed by atoms with E-state index in [0.29, 0.717) is 6.54 Å². The fourth-order valence-electron chi connectivity index (χ4n) is 0.980. The van der Waals surface area contributed by atoms with Crippen LogP contribution in [0.4, 0.5) is 0 Å². The van der Waals surface area contributed by atoms with Crippen molar-refractivity contribution in [2.75, 3.05) is 13.1 Å². The Kier molecular flexibility index (Phi) is 7.30. The van der Waals surface area contributed by atoms with Gasteiger partial charge in [0.1, 0.15) is 0 Å². The normalized spacial score (nSPS) is 11.3. The second-order valence-electron chi connectivity index (χ2n) is 3.48. The number of hydrogen-bond acceptors (Lipinski definition) is 2. The SMILES string of the molecule is CC(C)CCCNC/C=C/C(=O)O. The summed E-state index contributed by atoms with van der Waals surface area (Å²) in [5, 5.41) is 11.4. The topological polar surface area (TPSA) is 49.3 Å². The molecule has 76 valence electrons. The van der Waals surface area contributed by atoms with Crippen molar-refractivity contribution < 1.29 is 9.90 Å². The largest absolute Gasteiger partial charge is 0.478 e. The summed E-state index contributed by atoms with van der Waals surface area (Å²) in [5.74, 6) is -0.139. The monoisotopic (exact) mass is 185 g/mol. The fraction of sp³-hybridized carbons (Fsp3) is 0.700. The molecule has 3 heteroatoms. The van der Waals surface area contributed by atoms with Crippen LogP contribution >= 0.6 is 0 Å². The summed E-state index contributed by atoms with van der Waals surface area (Å²) in [6.07, 6.45) is 5.15. The van der Waals surface area contributed by atoms with Crippen LogP contribution in [0, 0.1) is 5.92 Å². The molecule has 0 aromatic rings. The lowest BCUT2D eigenvalue weighted by atomic mass is 10.1. The van der Waals surface area contributed by atoms with Gasteiger partial charge in [-0.05, 0) is 25.3 Å². The molecule has 0 aromatic carbocycles. The van der Waals surface area contributed by atoms with Crippen LogP contribution in [-0.4, -0.2) is 24.2 Å². The fourth-order valence-corrected chi connectivity index (χ4v) is 0.980. The minimum atomic E-state index is -0.885. The summed E-state index contributed by atoms with van der Waals surface area (Å²) in [6, 6.07) is 0. The first-order valence-electron chi connectivity index (χ1n) is 4.73. The van der Waals surface area contributed by atoms with Crippen LogP contribution < -0.4 is 5.32 Å². The van der Waals surface area contributed by atoms with E-state index in [9.17, 15) is 4.79 Å². The highest BCUT2D eigenvalue weighted by molar-refractivity contribution is 5.79. The highest BCUT2D eigenvalue weighted by Crippen LogP contribution is 2.01. The average molecular weight is 185 g/mol. The second-order valence-corrected chi connectivity index (χ2v) is 3.48. The van der Waals surface area contributed by atoms with Crippen molar-refractivity contribution in [3.63, 3.8) is 0 Å². The third-order valence-corrected chi connectivity index (χ3v) is 1.66. The average Bonchev–Trinajstić information content (AvgIpc) is 2.01. The molecule has 0 amide bonds. The molecule has 0 saturated heterocycles. The standard InChI is InChI=1S/C10H19NO2/c1-9(2)5-3-7-11-8-4-6-10(12)13/h4,6,9,11H,3,5,7-8H2,1-2H3,(H,12,13)/b6-4+. The zero-order valence-corrected chi connectivity index (χ0v) is 8.42. The highest BCUT2D eigenvalue weighted by atomic mass is 16.4. The molecule has 13 heavy (non-hydrogen) atoms. The summed E-state index contributed by atoms with van der Waals surface area (Å²) >= 11 is 0. The number of aliphatic carboxylic acids is 1. The third-order valence-electron chi connectivity index (χ3n) is 1.66. The first kappa shape index (κ1) is 12.2.